The van der Waals surface area contributed by atoms with Gasteiger partial charge in [-0.2, -0.15) is 0 Å². The molecular weight excluding hydrogens is 344 g/mol. The summed E-state index contributed by atoms with van der Waals surface area (Å²) in [6.07, 6.45) is 2.23. The van der Waals surface area contributed by atoms with Gasteiger partial charge in [0, 0.05) is 29.8 Å². The first-order chi connectivity index (χ1) is 13.0. The van der Waals surface area contributed by atoms with Crippen LogP contribution in [0.4, 0.5) is 5.69 Å². The van der Waals surface area contributed by atoms with Crippen molar-refractivity contribution < 1.29 is 19.5 Å². The van der Waals surface area contributed by atoms with E-state index in [1.165, 1.54) is 0 Å². The molecule has 2 aromatic rings. The summed E-state index contributed by atoms with van der Waals surface area (Å²) in [4.78, 5) is 35.1. The molecule has 2 rings (SSSR count). The second kappa shape index (κ2) is 10.1. The van der Waals surface area contributed by atoms with Gasteiger partial charge in [0.1, 0.15) is 0 Å². The van der Waals surface area contributed by atoms with Crippen molar-refractivity contribution in [1.82, 2.24) is 5.32 Å². The van der Waals surface area contributed by atoms with Gasteiger partial charge in [0.2, 0.25) is 0 Å². The van der Waals surface area contributed by atoms with Crippen LogP contribution in [0.1, 0.15) is 52.0 Å². The number of carboxylic acids is 1. The highest BCUT2D eigenvalue weighted by molar-refractivity contribution is 6.05. The molecule has 6 nitrogen and oxygen atoms in total. The van der Waals surface area contributed by atoms with Crippen LogP contribution in [-0.4, -0.2) is 29.4 Å². The number of anilines is 1. The highest BCUT2D eigenvalue weighted by atomic mass is 16.4. The van der Waals surface area contributed by atoms with Gasteiger partial charge in [-0.25, -0.2) is 0 Å². The normalized spacial score (nSPS) is 10.3. The standard InChI is InChI=1S/C21H24N2O4/c1-15-11-12-17(20(26)22-13-7-3-6-10-19(24)25)14-18(15)23-21(27)16-8-4-2-5-9-16/h2,4-5,8-9,11-12,14H,3,6-7,10,13H2,1H3,(H,22,26)(H,23,27)(H,24,25). The van der Waals surface area contributed by atoms with Gasteiger partial charge < -0.3 is 15.7 Å². The minimum Gasteiger partial charge on any atom is -0.481 e. The number of benzene rings is 2. The minimum absolute atomic E-state index is 0.149. The van der Waals surface area contributed by atoms with Gasteiger partial charge in [-0.3, -0.25) is 14.4 Å². The van der Waals surface area contributed by atoms with Crippen LogP contribution in [0.2, 0.25) is 0 Å². The molecule has 0 unspecified atom stereocenters. The Labute approximate surface area is 158 Å². The van der Waals surface area contributed by atoms with Crippen molar-refractivity contribution >= 4 is 23.5 Å². The fourth-order valence-electron chi connectivity index (χ4n) is 2.56. The number of carboxylic acid groups (broad SMARTS) is 1. The van der Waals surface area contributed by atoms with E-state index in [9.17, 15) is 14.4 Å². The quantitative estimate of drug-likeness (QED) is 0.589. The SMILES string of the molecule is Cc1ccc(C(=O)NCCCCCC(=O)O)cc1NC(=O)c1ccccc1. The van der Waals surface area contributed by atoms with Gasteiger partial charge in [-0.15, -0.1) is 0 Å². The zero-order valence-corrected chi connectivity index (χ0v) is 15.3. The Kier molecular flexibility index (Phi) is 7.55. The molecule has 0 saturated heterocycles. The monoisotopic (exact) mass is 368 g/mol. The minimum atomic E-state index is -0.802. The molecule has 0 aliphatic heterocycles. The van der Waals surface area contributed by atoms with Crippen molar-refractivity contribution in [3.63, 3.8) is 0 Å². The molecule has 0 spiro atoms. The molecular formula is C21H24N2O4. The Morgan fingerprint density at radius 1 is 0.889 bits per heavy atom. The maximum atomic E-state index is 12.3. The average Bonchev–Trinajstić information content (AvgIpc) is 2.66. The molecule has 0 heterocycles. The fraction of sp³-hybridized carbons (Fsp3) is 0.286. The summed E-state index contributed by atoms with van der Waals surface area (Å²) in [6.45, 7) is 2.35. The number of rotatable bonds is 9. The molecule has 2 aromatic carbocycles. The van der Waals surface area contributed by atoms with Crippen molar-refractivity contribution in [3.8, 4) is 0 Å². The average molecular weight is 368 g/mol. The fourth-order valence-corrected chi connectivity index (χ4v) is 2.56. The first-order valence-electron chi connectivity index (χ1n) is 8.94. The Morgan fingerprint density at radius 2 is 1.63 bits per heavy atom. The van der Waals surface area contributed by atoms with E-state index in [4.69, 9.17) is 5.11 Å². The van der Waals surface area contributed by atoms with Gasteiger partial charge in [0.25, 0.3) is 11.8 Å². The highest BCUT2D eigenvalue weighted by Crippen LogP contribution is 2.18. The Balaban J connectivity index is 1.90. The van der Waals surface area contributed by atoms with E-state index in [1.807, 2.05) is 13.0 Å². The highest BCUT2D eigenvalue weighted by Gasteiger charge is 2.11. The van der Waals surface area contributed by atoms with Crippen LogP contribution in [0.15, 0.2) is 48.5 Å². The number of nitrogens with one attached hydrogen (secondary N) is 2. The van der Waals surface area contributed by atoms with E-state index in [1.54, 1.807) is 42.5 Å². The molecule has 6 heteroatoms. The predicted molar refractivity (Wildman–Crippen MR) is 104 cm³/mol. The lowest BCUT2D eigenvalue weighted by molar-refractivity contribution is -0.137. The van der Waals surface area contributed by atoms with Crippen molar-refractivity contribution in [2.24, 2.45) is 0 Å². The maximum Gasteiger partial charge on any atom is 0.303 e. The number of carbonyl (C=O) groups is 3. The van der Waals surface area contributed by atoms with Gasteiger partial charge in [0.15, 0.2) is 0 Å². The summed E-state index contributed by atoms with van der Waals surface area (Å²) in [5.74, 6) is -1.25. The number of hydrogen-bond acceptors (Lipinski definition) is 3. The number of aryl methyl sites for hydroxylation is 1. The van der Waals surface area contributed by atoms with Crippen molar-refractivity contribution in [2.75, 3.05) is 11.9 Å². The Hall–Kier alpha value is -3.15. The number of aliphatic carboxylic acids is 1. The summed E-state index contributed by atoms with van der Waals surface area (Å²) >= 11 is 0. The molecule has 0 radical (unpaired) electrons. The van der Waals surface area contributed by atoms with Gasteiger partial charge in [-0.1, -0.05) is 30.7 Å². The molecule has 3 N–H and O–H groups in total. The van der Waals surface area contributed by atoms with Crippen LogP contribution in [0.3, 0.4) is 0 Å². The second-order valence-corrected chi connectivity index (χ2v) is 6.31. The number of hydrogen-bond donors (Lipinski definition) is 3. The van der Waals surface area contributed by atoms with Crippen molar-refractivity contribution in [2.45, 2.75) is 32.6 Å². The molecule has 0 fully saturated rings. The molecule has 0 atom stereocenters. The van der Waals surface area contributed by atoms with Crippen LogP contribution in [0.5, 0.6) is 0 Å². The van der Waals surface area contributed by atoms with Crippen LogP contribution in [0, 0.1) is 6.92 Å². The van der Waals surface area contributed by atoms with E-state index in [0.717, 1.165) is 18.4 Å². The summed E-state index contributed by atoms with van der Waals surface area (Å²) in [5, 5.41) is 14.3. The smallest absolute Gasteiger partial charge is 0.303 e. The van der Waals surface area contributed by atoms with Crippen LogP contribution in [-0.2, 0) is 4.79 Å². The molecule has 142 valence electrons. The van der Waals surface area contributed by atoms with Gasteiger partial charge >= 0.3 is 5.97 Å². The number of unbranched alkanes of at least 4 members (excludes halogenated alkanes) is 2. The van der Waals surface area contributed by atoms with E-state index >= 15 is 0 Å². The van der Waals surface area contributed by atoms with Crippen molar-refractivity contribution in [3.05, 3.63) is 65.2 Å². The zero-order valence-electron chi connectivity index (χ0n) is 15.3. The Bertz CT molecular complexity index is 803. The lowest BCUT2D eigenvalue weighted by atomic mass is 10.1. The molecule has 0 bridgehead atoms. The molecule has 2 amide bonds. The van der Waals surface area contributed by atoms with Gasteiger partial charge in [0.05, 0.1) is 0 Å². The van der Waals surface area contributed by atoms with Crippen molar-refractivity contribution in [1.29, 1.82) is 0 Å². The second-order valence-electron chi connectivity index (χ2n) is 6.31. The summed E-state index contributed by atoms with van der Waals surface area (Å²) in [6, 6.07) is 14.1. The summed E-state index contributed by atoms with van der Waals surface area (Å²) in [7, 11) is 0. The third-order valence-corrected chi connectivity index (χ3v) is 4.14. The largest absolute Gasteiger partial charge is 0.481 e. The van der Waals surface area contributed by atoms with Gasteiger partial charge in [-0.05, 0) is 49.6 Å². The molecule has 0 saturated carbocycles. The van der Waals surface area contributed by atoms with Crippen LogP contribution < -0.4 is 10.6 Å². The van der Waals surface area contributed by atoms with E-state index in [0.29, 0.717) is 29.8 Å². The summed E-state index contributed by atoms with van der Waals surface area (Å²) in [5.41, 5.74) is 2.48. The first kappa shape index (κ1) is 20.2. The van der Waals surface area contributed by atoms with Crippen LogP contribution >= 0.6 is 0 Å². The predicted octanol–water partition coefficient (Wildman–Crippen LogP) is 3.62. The molecule has 0 aliphatic carbocycles. The molecule has 0 aliphatic rings. The van der Waals surface area contributed by atoms with E-state index in [-0.39, 0.29) is 18.2 Å². The number of amides is 2. The third-order valence-electron chi connectivity index (χ3n) is 4.14. The molecule has 27 heavy (non-hydrogen) atoms. The summed E-state index contributed by atoms with van der Waals surface area (Å²) < 4.78 is 0. The molecule has 0 aromatic heterocycles. The topological polar surface area (TPSA) is 95.5 Å². The maximum absolute atomic E-state index is 12.3. The third kappa shape index (κ3) is 6.58. The van der Waals surface area contributed by atoms with E-state index < -0.39 is 5.97 Å². The number of carbonyl (C=O) groups excluding carboxylic acids is 2. The van der Waals surface area contributed by atoms with Crippen LogP contribution in [0.25, 0.3) is 0 Å². The van der Waals surface area contributed by atoms with E-state index in [2.05, 4.69) is 10.6 Å². The lowest BCUT2D eigenvalue weighted by Crippen LogP contribution is -2.24. The first-order valence-corrected chi connectivity index (χ1v) is 8.94. The zero-order chi connectivity index (χ0) is 19.6. The Morgan fingerprint density at radius 3 is 2.33 bits per heavy atom. The lowest BCUT2D eigenvalue weighted by Gasteiger charge is -2.11.